The molecule has 0 heterocycles. The highest BCUT2D eigenvalue weighted by Crippen LogP contribution is 2.22. The Morgan fingerprint density at radius 1 is 0.822 bits per heavy atom. The van der Waals surface area contributed by atoms with Crippen LogP contribution in [0.2, 0.25) is 0 Å². The van der Waals surface area contributed by atoms with Crippen molar-refractivity contribution in [3.05, 3.63) is 65.2 Å². The van der Waals surface area contributed by atoms with Gasteiger partial charge in [0.2, 0.25) is 11.8 Å². The van der Waals surface area contributed by atoms with E-state index in [9.17, 15) is 34.2 Å². The number of alkyl carbamates (subject to hydrolysis) is 1. The van der Waals surface area contributed by atoms with Crippen molar-refractivity contribution in [2.75, 3.05) is 13.2 Å². The van der Waals surface area contributed by atoms with Crippen LogP contribution in [-0.4, -0.2) is 82.1 Å². The molecule has 246 valence electrons. The molecule has 0 unspecified atom stereocenters. The summed E-state index contributed by atoms with van der Waals surface area (Å²) in [5.74, 6) is -4.06. The molecule has 0 spiro atoms. The third-order valence-corrected chi connectivity index (χ3v) is 6.31. The molecule has 0 saturated carbocycles. The van der Waals surface area contributed by atoms with Gasteiger partial charge in [-0.2, -0.15) is 0 Å². The van der Waals surface area contributed by atoms with Crippen molar-refractivity contribution in [3.8, 4) is 5.75 Å². The number of nitrogens with one attached hydrogen (secondary N) is 3. The van der Waals surface area contributed by atoms with Gasteiger partial charge < -0.3 is 40.7 Å². The number of benzene rings is 2. The second kappa shape index (κ2) is 17.0. The highest BCUT2D eigenvalue weighted by molar-refractivity contribution is 5.93. The third-order valence-electron chi connectivity index (χ3n) is 6.31. The van der Waals surface area contributed by atoms with Crippen LogP contribution in [0.3, 0.4) is 0 Å². The number of aliphatic carboxylic acids is 1. The Balaban J connectivity index is 2.42. The van der Waals surface area contributed by atoms with E-state index >= 15 is 0 Å². The average molecular weight is 630 g/mol. The number of carbonyl (C=O) groups excluding carboxylic acids is 3. The van der Waals surface area contributed by atoms with Crippen LogP contribution in [-0.2, 0) is 32.0 Å². The number of carboxylic acid groups (broad SMARTS) is 2. The van der Waals surface area contributed by atoms with Gasteiger partial charge in [-0.15, -0.1) is 0 Å². The minimum absolute atomic E-state index is 0.0750. The molecular weight excluding hydrogens is 586 g/mol. The first kappa shape index (κ1) is 36.5. The summed E-state index contributed by atoms with van der Waals surface area (Å²) in [5.41, 5.74) is -0.117. The molecule has 0 fully saturated rings. The van der Waals surface area contributed by atoms with Crippen molar-refractivity contribution in [3.63, 3.8) is 0 Å². The van der Waals surface area contributed by atoms with Gasteiger partial charge in [-0.3, -0.25) is 9.59 Å². The zero-order valence-electron chi connectivity index (χ0n) is 26.2. The lowest BCUT2D eigenvalue weighted by Crippen LogP contribution is -2.56. The Morgan fingerprint density at radius 3 is 1.98 bits per heavy atom. The van der Waals surface area contributed by atoms with Crippen LogP contribution in [0.15, 0.2) is 48.5 Å². The summed E-state index contributed by atoms with van der Waals surface area (Å²) >= 11 is 0. The van der Waals surface area contributed by atoms with Gasteiger partial charge in [-0.25, -0.2) is 14.4 Å². The minimum Gasteiger partial charge on any atom is -0.481 e. The maximum Gasteiger partial charge on any atom is 0.408 e. The zero-order valence-corrected chi connectivity index (χ0v) is 26.2. The highest BCUT2D eigenvalue weighted by Gasteiger charge is 2.30. The molecule has 13 nitrogen and oxygen atoms in total. The van der Waals surface area contributed by atoms with E-state index in [-0.39, 0.29) is 36.7 Å². The summed E-state index contributed by atoms with van der Waals surface area (Å²) < 4.78 is 10.4. The fraction of sp³-hybridized carbons (Fsp3) is 0.469. The standard InChI is InChI=1S/C32H43N3O10/c1-19(2)13-22(17-36)33-28(39)24(16-21-11-12-26(44-18-27(37)38)23(14-21)30(41)42)34-29(40)25(15-20-9-7-6-8-10-20)35-31(43)45-32(3,4)5/h6-12,14,19,22,24-25,36H,13,15-18H2,1-5H3,(H,33,39)(H,34,40)(H,35,43)(H,37,38)(H,41,42)/t22-,24+,25+/m1/s1. The van der Waals surface area contributed by atoms with E-state index in [1.165, 1.54) is 18.2 Å². The summed E-state index contributed by atoms with van der Waals surface area (Å²) in [4.78, 5) is 62.7. The summed E-state index contributed by atoms with van der Waals surface area (Å²) in [6.45, 7) is 7.77. The number of carbonyl (C=O) groups is 5. The number of carboxylic acids is 2. The van der Waals surface area contributed by atoms with E-state index in [1.807, 2.05) is 13.8 Å². The summed E-state index contributed by atoms with van der Waals surface area (Å²) in [6.07, 6.45) is -0.481. The number of amides is 3. The molecular formula is C32H43N3O10. The quantitative estimate of drug-likeness (QED) is 0.160. The molecule has 2 rings (SSSR count). The van der Waals surface area contributed by atoms with Gasteiger partial charge in [-0.05, 0) is 56.4 Å². The number of rotatable bonds is 16. The van der Waals surface area contributed by atoms with Gasteiger partial charge in [0.1, 0.15) is 29.0 Å². The maximum atomic E-state index is 13.7. The Bertz CT molecular complexity index is 1320. The smallest absolute Gasteiger partial charge is 0.408 e. The van der Waals surface area contributed by atoms with Crippen LogP contribution in [0.25, 0.3) is 0 Å². The fourth-order valence-electron chi connectivity index (χ4n) is 4.41. The van der Waals surface area contributed by atoms with Crippen molar-refractivity contribution in [2.24, 2.45) is 5.92 Å². The van der Waals surface area contributed by atoms with Crippen LogP contribution < -0.4 is 20.7 Å². The molecule has 13 heteroatoms. The Kier molecular flexibility index (Phi) is 13.8. The van der Waals surface area contributed by atoms with E-state index in [4.69, 9.17) is 14.6 Å². The second-order valence-electron chi connectivity index (χ2n) is 12.0. The van der Waals surface area contributed by atoms with Gasteiger partial charge in [0.05, 0.1) is 12.6 Å². The molecule has 0 aliphatic rings. The Morgan fingerprint density at radius 2 is 1.42 bits per heavy atom. The van der Waals surface area contributed by atoms with Crippen LogP contribution in [0.5, 0.6) is 5.75 Å². The second-order valence-corrected chi connectivity index (χ2v) is 12.0. The van der Waals surface area contributed by atoms with Gasteiger partial charge in [0, 0.05) is 12.8 Å². The molecule has 2 aromatic rings. The lowest BCUT2D eigenvalue weighted by Gasteiger charge is -2.27. The van der Waals surface area contributed by atoms with Gasteiger partial charge >= 0.3 is 18.0 Å². The van der Waals surface area contributed by atoms with E-state index in [0.29, 0.717) is 12.0 Å². The Labute approximate surface area is 262 Å². The number of aliphatic hydroxyl groups is 1. The molecule has 0 bridgehead atoms. The predicted octanol–water partition coefficient (Wildman–Crippen LogP) is 2.53. The molecule has 0 saturated heterocycles. The van der Waals surface area contributed by atoms with Gasteiger partial charge in [0.15, 0.2) is 6.61 Å². The largest absolute Gasteiger partial charge is 0.481 e. The Hall–Kier alpha value is -4.65. The van der Waals surface area contributed by atoms with Crippen LogP contribution in [0.4, 0.5) is 4.79 Å². The number of hydrogen-bond acceptors (Lipinski definition) is 8. The summed E-state index contributed by atoms with van der Waals surface area (Å²) in [6, 6.07) is 9.85. The van der Waals surface area contributed by atoms with Gasteiger partial charge in [-0.1, -0.05) is 50.2 Å². The normalized spacial score (nSPS) is 13.2. The minimum atomic E-state index is -1.39. The van der Waals surface area contributed by atoms with Crippen LogP contribution in [0, 0.1) is 5.92 Å². The van der Waals surface area contributed by atoms with Crippen molar-refractivity contribution in [1.82, 2.24) is 16.0 Å². The molecule has 45 heavy (non-hydrogen) atoms. The van der Waals surface area contributed by atoms with E-state index in [0.717, 1.165) is 5.56 Å². The number of ether oxygens (including phenoxy) is 2. The molecule has 0 aliphatic carbocycles. The SMILES string of the molecule is CC(C)C[C@H](CO)NC(=O)[C@H](Cc1ccc(OCC(=O)O)c(C(=O)O)c1)NC(=O)[C@H](Cc1ccccc1)NC(=O)OC(C)(C)C. The third kappa shape index (κ3) is 13.3. The topological polar surface area (TPSA) is 201 Å². The lowest BCUT2D eigenvalue weighted by molar-refractivity contribution is -0.139. The zero-order chi connectivity index (χ0) is 33.7. The average Bonchev–Trinajstić information content (AvgIpc) is 2.94. The summed E-state index contributed by atoms with van der Waals surface area (Å²) in [7, 11) is 0. The van der Waals surface area contributed by atoms with Gasteiger partial charge in [0.25, 0.3) is 0 Å². The highest BCUT2D eigenvalue weighted by atomic mass is 16.6. The van der Waals surface area contributed by atoms with Crippen molar-refractivity contribution in [1.29, 1.82) is 0 Å². The molecule has 6 N–H and O–H groups in total. The first-order valence-corrected chi connectivity index (χ1v) is 14.5. The number of aliphatic hydroxyl groups excluding tert-OH is 1. The first-order chi connectivity index (χ1) is 21.1. The van der Waals surface area contributed by atoms with Crippen molar-refractivity contribution < 1.29 is 48.8 Å². The summed E-state index contributed by atoms with van der Waals surface area (Å²) in [5, 5.41) is 36.5. The van der Waals surface area contributed by atoms with E-state index in [1.54, 1.807) is 51.1 Å². The molecule has 3 atom stereocenters. The molecule has 0 radical (unpaired) electrons. The van der Waals surface area contributed by atoms with E-state index in [2.05, 4.69) is 16.0 Å². The molecule has 2 aromatic carbocycles. The predicted molar refractivity (Wildman–Crippen MR) is 164 cm³/mol. The molecule has 0 aliphatic heterocycles. The van der Waals surface area contributed by atoms with Crippen molar-refractivity contribution >= 4 is 29.8 Å². The van der Waals surface area contributed by atoms with Crippen molar-refractivity contribution in [2.45, 2.75) is 77.6 Å². The number of aromatic carboxylic acids is 1. The van der Waals surface area contributed by atoms with E-state index < -0.39 is 60.2 Å². The number of hydrogen-bond donors (Lipinski definition) is 6. The monoisotopic (exact) mass is 629 g/mol. The fourth-order valence-corrected chi connectivity index (χ4v) is 4.41. The lowest BCUT2D eigenvalue weighted by atomic mass is 9.99. The van der Waals surface area contributed by atoms with Crippen LogP contribution >= 0.6 is 0 Å². The molecule has 3 amide bonds. The maximum absolute atomic E-state index is 13.7. The molecule has 0 aromatic heterocycles. The first-order valence-electron chi connectivity index (χ1n) is 14.5. The van der Waals surface area contributed by atoms with Crippen LogP contribution in [0.1, 0.15) is 62.5 Å².